The Labute approximate surface area is 170 Å². The molecule has 0 spiro atoms. The highest BCUT2D eigenvalue weighted by molar-refractivity contribution is 7.99. The monoisotopic (exact) mass is 408 g/mol. The minimum Gasteiger partial charge on any atom is -0.491 e. The van der Waals surface area contributed by atoms with E-state index in [1.807, 2.05) is 13.0 Å². The number of morpholine rings is 1. The molecule has 0 bridgehead atoms. The van der Waals surface area contributed by atoms with Crippen LogP contribution in [0, 0.1) is 6.92 Å². The van der Waals surface area contributed by atoms with Crippen LogP contribution in [-0.4, -0.2) is 66.5 Å². The lowest BCUT2D eigenvalue weighted by atomic mass is 10.1. The Morgan fingerprint density at radius 2 is 2.11 bits per heavy atom. The highest BCUT2D eigenvalue weighted by atomic mass is 32.2. The number of carbonyl (C=O) groups excluding carboxylic acids is 3. The molecule has 1 N–H and O–H groups in total. The number of rotatable bonds is 9. The SMILES string of the molecule is CC(=O)NCSCCC(=O)N1CCOC(COc2ccc(C(C)=O)c(C)c2)C1. The first-order valence-corrected chi connectivity index (χ1v) is 10.5. The van der Waals surface area contributed by atoms with Gasteiger partial charge in [0.25, 0.3) is 0 Å². The normalized spacial score (nSPS) is 16.5. The maximum Gasteiger partial charge on any atom is 0.223 e. The summed E-state index contributed by atoms with van der Waals surface area (Å²) in [6.07, 6.45) is 0.251. The molecule has 1 atom stereocenters. The van der Waals surface area contributed by atoms with E-state index in [0.29, 0.717) is 55.7 Å². The number of aryl methyl sites for hydroxylation is 1. The highest BCUT2D eigenvalue weighted by Crippen LogP contribution is 2.19. The molecule has 1 aromatic carbocycles. The molecule has 1 aromatic rings. The zero-order valence-electron chi connectivity index (χ0n) is 16.7. The van der Waals surface area contributed by atoms with Crippen molar-refractivity contribution >= 4 is 29.4 Å². The van der Waals surface area contributed by atoms with Crippen LogP contribution in [0.25, 0.3) is 0 Å². The average Bonchev–Trinajstić information content (AvgIpc) is 2.65. The van der Waals surface area contributed by atoms with Crippen molar-refractivity contribution in [2.24, 2.45) is 0 Å². The molecule has 1 saturated heterocycles. The van der Waals surface area contributed by atoms with Gasteiger partial charge in [-0.25, -0.2) is 0 Å². The molecule has 0 radical (unpaired) electrons. The molecule has 28 heavy (non-hydrogen) atoms. The van der Waals surface area contributed by atoms with Crippen molar-refractivity contribution in [1.29, 1.82) is 0 Å². The second-order valence-corrected chi connectivity index (χ2v) is 7.82. The molecule has 1 aliphatic heterocycles. The summed E-state index contributed by atoms with van der Waals surface area (Å²) in [6.45, 7) is 6.81. The molecular weight excluding hydrogens is 380 g/mol. The summed E-state index contributed by atoms with van der Waals surface area (Å²) in [5, 5.41) is 2.70. The van der Waals surface area contributed by atoms with Gasteiger partial charge in [0, 0.05) is 31.2 Å². The molecule has 1 heterocycles. The summed E-state index contributed by atoms with van der Waals surface area (Å²) in [7, 11) is 0. The Morgan fingerprint density at radius 1 is 1.32 bits per heavy atom. The number of Topliss-reactive ketones (excluding diaryl/α,β-unsaturated/α-hetero) is 1. The van der Waals surface area contributed by atoms with Crippen molar-refractivity contribution in [3.63, 3.8) is 0 Å². The number of nitrogens with zero attached hydrogens (tertiary/aromatic N) is 1. The molecule has 1 aliphatic rings. The molecule has 0 saturated carbocycles. The Hall–Kier alpha value is -2.06. The standard InChI is InChI=1S/C20H28N2O5S/c1-14-10-17(4-5-19(14)15(2)23)27-12-18-11-22(7-8-26-18)20(25)6-9-28-13-21-16(3)24/h4-5,10,18H,6-9,11-13H2,1-3H3,(H,21,24). The fourth-order valence-corrected chi connectivity index (χ4v) is 3.67. The van der Waals surface area contributed by atoms with E-state index >= 15 is 0 Å². The van der Waals surface area contributed by atoms with Gasteiger partial charge in [0.1, 0.15) is 18.5 Å². The second-order valence-electron chi connectivity index (χ2n) is 6.71. The van der Waals surface area contributed by atoms with Crippen LogP contribution < -0.4 is 10.1 Å². The Kier molecular flexibility index (Phi) is 8.79. The molecule has 7 nitrogen and oxygen atoms in total. The van der Waals surface area contributed by atoms with Crippen LogP contribution >= 0.6 is 11.8 Å². The number of hydrogen-bond acceptors (Lipinski definition) is 6. The first-order valence-electron chi connectivity index (χ1n) is 9.32. The van der Waals surface area contributed by atoms with Gasteiger partial charge < -0.3 is 19.7 Å². The Bertz CT molecular complexity index is 710. The molecule has 2 rings (SSSR count). The summed E-state index contributed by atoms with van der Waals surface area (Å²) in [5.74, 6) is 1.92. The summed E-state index contributed by atoms with van der Waals surface area (Å²) in [6, 6.07) is 5.39. The van der Waals surface area contributed by atoms with Crippen LogP contribution in [-0.2, 0) is 14.3 Å². The topological polar surface area (TPSA) is 84.9 Å². The summed E-state index contributed by atoms with van der Waals surface area (Å²) in [5.41, 5.74) is 1.57. The van der Waals surface area contributed by atoms with Gasteiger partial charge in [-0.2, -0.15) is 0 Å². The molecule has 0 aromatic heterocycles. The van der Waals surface area contributed by atoms with Gasteiger partial charge in [0.15, 0.2) is 5.78 Å². The molecule has 0 aliphatic carbocycles. The third-order valence-electron chi connectivity index (χ3n) is 4.39. The second kappa shape index (κ2) is 11.1. The number of benzene rings is 1. The molecular formula is C20H28N2O5S. The van der Waals surface area contributed by atoms with Gasteiger partial charge in [-0.05, 0) is 37.6 Å². The number of ether oxygens (including phenoxy) is 2. The van der Waals surface area contributed by atoms with Crippen molar-refractivity contribution in [1.82, 2.24) is 10.2 Å². The van der Waals surface area contributed by atoms with E-state index < -0.39 is 0 Å². The maximum atomic E-state index is 12.4. The van der Waals surface area contributed by atoms with Crippen LogP contribution in [0.4, 0.5) is 0 Å². The van der Waals surface area contributed by atoms with Crippen molar-refractivity contribution < 1.29 is 23.9 Å². The van der Waals surface area contributed by atoms with E-state index in [1.165, 1.54) is 18.7 Å². The number of hydrogen-bond donors (Lipinski definition) is 1. The average molecular weight is 409 g/mol. The zero-order valence-corrected chi connectivity index (χ0v) is 17.5. The summed E-state index contributed by atoms with van der Waals surface area (Å²) >= 11 is 1.53. The first kappa shape index (κ1) is 22.2. The van der Waals surface area contributed by atoms with E-state index in [4.69, 9.17) is 9.47 Å². The maximum absolute atomic E-state index is 12.4. The minimum absolute atomic E-state index is 0.0315. The molecule has 1 unspecified atom stereocenters. The smallest absolute Gasteiger partial charge is 0.223 e. The lowest BCUT2D eigenvalue weighted by Crippen LogP contribution is -2.47. The number of ketones is 1. The van der Waals surface area contributed by atoms with E-state index in [2.05, 4.69) is 5.32 Å². The number of thioether (sulfide) groups is 1. The van der Waals surface area contributed by atoms with Crippen molar-refractivity contribution in [3.8, 4) is 5.75 Å². The van der Waals surface area contributed by atoms with Crippen molar-refractivity contribution in [2.75, 3.05) is 37.9 Å². The van der Waals surface area contributed by atoms with E-state index in [-0.39, 0.29) is 23.7 Å². The zero-order chi connectivity index (χ0) is 20.5. The van der Waals surface area contributed by atoms with Crippen molar-refractivity contribution in [3.05, 3.63) is 29.3 Å². The molecule has 2 amide bonds. The van der Waals surface area contributed by atoms with Crippen LogP contribution in [0.1, 0.15) is 36.2 Å². The number of amides is 2. The third-order valence-corrected chi connectivity index (χ3v) is 5.23. The van der Waals surface area contributed by atoms with Gasteiger partial charge in [0.05, 0.1) is 19.0 Å². The summed E-state index contributed by atoms with van der Waals surface area (Å²) in [4.78, 5) is 36.5. The summed E-state index contributed by atoms with van der Waals surface area (Å²) < 4.78 is 11.5. The van der Waals surface area contributed by atoms with Crippen LogP contribution in [0.2, 0.25) is 0 Å². The number of carbonyl (C=O) groups is 3. The van der Waals surface area contributed by atoms with E-state index in [0.717, 1.165) is 5.56 Å². The number of nitrogens with one attached hydrogen (secondary N) is 1. The first-order chi connectivity index (χ1) is 13.4. The quantitative estimate of drug-likeness (QED) is 0.382. The fourth-order valence-electron chi connectivity index (χ4n) is 2.90. The van der Waals surface area contributed by atoms with Crippen LogP contribution in [0.3, 0.4) is 0 Å². The predicted molar refractivity (Wildman–Crippen MR) is 109 cm³/mol. The van der Waals surface area contributed by atoms with Gasteiger partial charge in [0.2, 0.25) is 11.8 Å². The fraction of sp³-hybridized carbons (Fsp3) is 0.550. The van der Waals surface area contributed by atoms with Gasteiger partial charge in [-0.3, -0.25) is 14.4 Å². The van der Waals surface area contributed by atoms with Crippen LogP contribution in [0.15, 0.2) is 18.2 Å². The Morgan fingerprint density at radius 3 is 2.79 bits per heavy atom. The largest absolute Gasteiger partial charge is 0.491 e. The molecule has 154 valence electrons. The molecule has 1 fully saturated rings. The minimum atomic E-state index is -0.183. The lowest BCUT2D eigenvalue weighted by Gasteiger charge is -2.33. The van der Waals surface area contributed by atoms with Gasteiger partial charge >= 0.3 is 0 Å². The van der Waals surface area contributed by atoms with Gasteiger partial charge in [-0.1, -0.05) is 0 Å². The predicted octanol–water partition coefficient (Wildman–Crippen LogP) is 2.02. The van der Waals surface area contributed by atoms with E-state index in [9.17, 15) is 14.4 Å². The van der Waals surface area contributed by atoms with Crippen molar-refractivity contribution in [2.45, 2.75) is 33.3 Å². The third kappa shape index (κ3) is 7.16. The van der Waals surface area contributed by atoms with E-state index in [1.54, 1.807) is 24.0 Å². The highest BCUT2D eigenvalue weighted by Gasteiger charge is 2.24. The Balaban J connectivity index is 1.75. The molecule has 8 heteroatoms. The van der Waals surface area contributed by atoms with Crippen LogP contribution in [0.5, 0.6) is 5.75 Å². The lowest BCUT2D eigenvalue weighted by molar-refractivity contribution is -0.139. The van der Waals surface area contributed by atoms with Gasteiger partial charge in [-0.15, -0.1) is 11.8 Å².